The fraction of sp³-hybridized carbons (Fsp3) is 0.647. The Morgan fingerprint density at radius 3 is 2.53 bits per heavy atom. The SMILES string of the molecule is CNCc1ccccc1N(CC(C)C)C1CCCC1. The number of anilines is 1. The molecule has 0 aliphatic heterocycles. The summed E-state index contributed by atoms with van der Waals surface area (Å²) in [4.78, 5) is 2.67. The lowest BCUT2D eigenvalue weighted by molar-refractivity contribution is 0.533. The molecule has 0 atom stereocenters. The molecule has 0 unspecified atom stereocenters. The first-order valence-electron chi connectivity index (χ1n) is 7.71. The smallest absolute Gasteiger partial charge is 0.0414 e. The molecule has 2 nitrogen and oxygen atoms in total. The molecule has 0 spiro atoms. The highest BCUT2D eigenvalue weighted by Crippen LogP contribution is 2.31. The molecular weight excluding hydrogens is 232 g/mol. The maximum Gasteiger partial charge on any atom is 0.0414 e. The normalized spacial score (nSPS) is 16.2. The Morgan fingerprint density at radius 1 is 1.21 bits per heavy atom. The van der Waals surface area contributed by atoms with E-state index in [0.717, 1.165) is 12.6 Å². The third-order valence-electron chi connectivity index (χ3n) is 4.00. The summed E-state index contributed by atoms with van der Waals surface area (Å²) in [5.74, 6) is 0.711. The summed E-state index contributed by atoms with van der Waals surface area (Å²) in [6.07, 6.45) is 5.52. The Labute approximate surface area is 118 Å². The molecule has 0 radical (unpaired) electrons. The van der Waals surface area contributed by atoms with Crippen molar-refractivity contribution in [3.63, 3.8) is 0 Å². The predicted molar refractivity (Wildman–Crippen MR) is 83.6 cm³/mol. The van der Waals surface area contributed by atoms with E-state index in [0.29, 0.717) is 5.92 Å². The van der Waals surface area contributed by atoms with Gasteiger partial charge in [-0.1, -0.05) is 44.9 Å². The van der Waals surface area contributed by atoms with E-state index in [1.807, 2.05) is 7.05 Å². The summed E-state index contributed by atoms with van der Waals surface area (Å²) < 4.78 is 0. The van der Waals surface area contributed by atoms with Crippen LogP contribution in [0, 0.1) is 5.92 Å². The molecule has 0 saturated heterocycles. The lowest BCUT2D eigenvalue weighted by Crippen LogP contribution is -2.37. The van der Waals surface area contributed by atoms with Crippen LogP contribution >= 0.6 is 0 Å². The molecule has 0 bridgehead atoms. The van der Waals surface area contributed by atoms with E-state index in [9.17, 15) is 0 Å². The number of benzene rings is 1. The van der Waals surface area contributed by atoms with E-state index < -0.39 is 0 Å². The minimum Gasteiger partial charge on any atom is -0.368 e. The van der Waals surface area contributed by atoms with Crippen molar-refractivity contribution in [1.29, 1.82) is 0 Å². The minimum absolute atomic E-state index is 0.711. The van der Waals surface area contributed by atoms with E-state index in [1.54, 1.807) is 0 Å². The highest BCUT2D eigenvalue weighted by Gasteiger charge is 2.24. The van der Waals surface area contributed by atoms with Crippen LogP contribution in [0.2, 0.25) is 0 Å². The second kappa shape index (κ2) is 6.95. The number of rotatable bonds is 6. The van der Waals surface area contributed by atoms with Crippen LogP contribution in [0.3, 0.4) is 0 Å². The summed E-state index contributed by atoms with van der Waals surface area (Å²) in [5.41, 5.74) is 2.87. The molecule has 19 heavy (non-hydrogen) atoms. The van der Waals surface area contributed by atoms with Crippen molar-refractivity contribution in [2.45, 2.75) is 52.1 Å². The van der Waals surface area contributed by atoms with Crippen LogP contribution in [0.5, 0.6) is 0 Å². The Balaban J connectivity index is 2.25. The molecule has 1 aromatic rings. The van der Waals surface area contributed by atoms with E-state index in [2.05, 4.69) is 48.3 Å². The van der Waals surface area contributed by atoms with Crippen molar-refractivity contribution >= 4 is 5.69 Å². The zero-order chi connectivity index (χ0) is 13.7. The molecule has 106 valence electrons. The Bertz CT molecular complexity index is 381. The number of para-hydroxylation sites is 1. The fourth-order valence-electron chi connectivity index (χ4n) is 3.18. The van der Waals surface area contributed by atoms with Crippen LogP contribution in [0.15, 0.2) is 24.3 Å². The molecule has 1 aromatic carbocycles. The molecule has 2 rings (SSSR count). The molecule has 1 aliphatic rings. The topological polar surface area (TPSA) is 15.3 Å². The summed E-state index contributed by atoms with van der Waals surface area (Å²) in [6.45, 7) is 6.77. The monoisotopic (exact) mass is 260 g/mol. The van der Waals surface area contributed by atoms with Gasteiger partial charge in [0.15, 0.2) is 0 Å². The summed E-state index contributed by atoms with van der Waals surface area (Å²) in [6, 6.07) is 9.64. The van der Waals surface area contributed by atoms with Crippen molar-refractivity contribution in [3.05, 3.63) is 29.8 Å². The minimum atomic E-state index is 0.711. The van der Waals surface area contributed by atoms with Crippen LogP contribution in [-0.4, -0.2) is 19.6 Å². The van der Waals surface area contributed by atoms with Crippen LogP contribution in [0.25, 0.3) is 0 Å². The van der Waals surface area contributed by atoms with Gasteiger partial charge < -0.3 is 10.2 Å². The van der Waals surface area contributed by atoms with Gasteiger partial charge in [-0.15, -0.1) is 0 Å². The first kappa shape index (κ1) is 14.4. The van der Waals surface area contributed by atoms with Crippen LogP contribution in [-0.2, 0) is 6.54 Å². The summed E-state index contributed by atoms with van der Waals surface area (Å²) in [5, 5.41) is 3.30. The van der Waals surface area contributed by atoms with E-state index >= 15 is 0 Å². The lowest BCUT2D eigenvalue weighted by Gasteiger charge is -2.34. The quantitative estimate of drug-likeness (QED) is 0.836. The second-order valence-corrected chi connectivity index (χ2v) is 6.14. The third kappa shape index (κ3) is 3.73. The zero-order valence-corrected chi connectivity index (χ0v) is 12.7. The maximum atomic E-state index is 3.30. The summed E-state index contributed by atoms with van der Waals surface area (Å²) >= 11 is 0. The predicted octanol–water partition coefficient (Wildman–Crippen LogP) is 3.81. The lowest BCUT2D eigenvalue weighted by atomic mass is 10.1. The van der Waals surface area contributed by atoms with Crippen LogP contribution in [0.1, 0.15) is 45.1 Å². The van der Waals surface area contributed by atoms with Gasteiger partial charge in [0.25, 0.3) is 0 Å². The number of nitrogens with one attached hydrogen (secondary N) is 1. The van der Waals surface area contributed by atoms with Crippen LogP contribution in [0.4, 0.5) is 5.69 Å². The van der Waals surface area contributed by atoms with Gasteiger partial charge in [-0.3, -0.25) is 0 Å². The van der Waals surface area contributed by atoms with Crippen molar-refractivity contribution in [2.24, 2.45) is 5.92 Å². The maximum absolute atomic E-state index is 3.30. The third-order valence-corrected chi connectivity index (χ3v) is 4.00. The largest absolute Gasteiger partial charge is 0.368 e. The molecule has 1 saturated carbocycles. The Kier molecular flexibility index (Phi) is 5.26. The van der Waals surface area contributed by atoms with Crippen molar-refractivity contribution < 1.29 is 0 Å². The van der Waals surface area contributed by atoms with Gasteiger partial charge >= 0.3 is 0 Å². The molecule has 0 amide bonds. The summed E-state index contributed by atoms with van der Waals surface area (Å²) in [7, 11) is 2.03. The number of hydrogen-bond donors (Lipinski definition) is 1. The van der Waals surface area contributed by atoms with Gasteiger partial charge in [0, 0.05) is 24.8 Å². The molecular formula is C17H28N2. The fourth-order valence-corrected chi connectivity index (χ4v) is 3.18. The van der Waals surface area contributed by atoms with Crippen molar-refractivity contribution in [1.82, 2.24) is 5.32 Å². The van der Waals surface area contributed by atoms with E-state index in [-0.39, 0.29) is 0 Å². The average molecular weight is 260 g/mol. The van der Waals surface area contributed by atoms with E-state index in [4.69, 9.17) is 0 Å². The molecule has 1 aliphatic carbocycles. The first-order valence-corrected chi connectivity index (χ1v) is 7.71. The van der Waals surface area contributed by atoms with Gasteiger partial charge in [0.2, 0.25) is 0 Å². The molecule has 2 heteroatoms. The molecule has 0 aromatic heterocycles. The van der Waals surface area contributed by atoms with Gasteiger partial charge in [0.1, 0.15) is 0 Å². The van der Waals surface area contributed by atoms with Gasteiger partial charge in [0.05, 0.1) is 0 Å². The number of hydrogen-bond acceptors (Lipinski definition) is 2. The highest BCUT2D eigenvalue weighted by atomic mass is 15.2. The van der Waals surface area contributed by atoms with Gasteiger partial charge in [-0.05, 0) is 37.4 Å². The van der Waals surface area contributed by atoms with Gasteiger partial charge in [-0.2, -0.15) is 0 Å². The molecule has 0 heterocycles. The first-order chi connectivity index (χ1) is 9.22. The zero-order valence-electron chi connectivity index (χ0n) is 12.7. The molecule has 1 fully saturated rings. The standard InChI is InChI=1S/C17H28N2/c1-14(2)13-19(16-9-5-6-10-16)17-11-7-4-8-15(17)12-18-3/h4,7-8,11,14,16,18H,5-6,9-10,12-13H2,1-3H3. The van der Waals surface area contributed by atoms with Crippen LogP contribution < -0.4 is 10.2 Å². The average Bonchev–Trinajstić information content (AvgIpc) is 2.91. The molecule has 1 N–H and O–H groups in total. The number of nitrogens with zero attached hydrogens (tertiary/aromatic N) is 1. The Morgan fingerprint density at radius 2 is 1.89 bits per heavy atom. The van der Waals surface area contributed by atoms with Crippen molar-refractivity contribution in [3.8, 4) is 0 Å². The Hall–Kier alpha value is -1.02. The second-order valence-electron chi connectivity index (χ2n) is 6.14. The van der Waals surface area contributed by atoms with Crippen molar-refractivity contribution in [2.75, 3.05) is 18.5 Å². The van der Waals surface area contributed by atoms with E-state index in [1.165, 1.54) is 43.5 Å². The van der Waals surface area contributed by atoms with Gasteiger partial charge in [-0.25, -0.2) is 0 Å². The highest BCUT2D eigenvalue weighted by molar-refractivity contribution is 5.54.